The Morgan fingerprint density at radius 2 is 1.81 bits per heavy atom. The van der Waals surface area contributed by atoms with Crippen LogP contribution in [0.4, 0.5) is 11.4 Å². The number of nitrogens with one attached hydrogen (secondary N) is 3. The molecule has 8 nitrogen and oxygen atoms in total. The summed E-state index contributed by atoms with van der Waals surface area (Å²) in [6, 6.07) is 12.6. The van der Waals surface area contributed by atoms with Gasteiger partial charge in [0.1, 0.15) is 6.04 Å². The molecule has 0 bridgehead atoms. The summed E-state index contributed by atoms with van der Waals surface area (Å²) in [5.41, 5.74) is 0.114. The van der Waals surface area contributed by atoms with Gasteiger partial charge in [-0.3, -0.25) is 23.7 Å². The average Bonchev–Trinajstić information content (AvgIpc) is 2.62. The van der Waals surface area contributed by atoms with Crippen LogP contribution in [-0.4, -0.2) is 21.4 Å². The normalized spacial score (nSPS) is 15.5. The molecule has 0 fully saturated rings. The molecule has 26 heavy (non-hydrogen) atoms. The molecule has 0 saturated heterocycles. The van der Waals surface area contributed by atoms with Crippen LogP contribution in [0.1, 0.15) is 12.5 Å². The first-order chi connectivity index (χ1) is 12.5. The van der Waals surface area contributed by atoms with Gasteiger partial charge >= 0.3 is 11.1 Å². The van der Waals surface area contributed by atoms with Crippen LogP contribution in [0.5, 0.6) is 0 Å². The quantitative estimate of drug-likeness (QED) is 0.616. The minimum atomic E-state index is -1.11. The van der Waals surface area contributed by atoms with Crippen molar-refractivity contribution >= 4 is 34.2 Å². The molecule has 3 aromatic rings. The van der Waals surface area contributed by atoms with E-state index < -0.39 is 29.0 Å². The molecule has 1 atom stereocenters. The van der Waals surface area contributed by atoms with Crippen molar-refractivity contribution in [3.8, 4) is 0 Å². The zero-order chi connectivity index (χ0) is 18.3. The fourth-order valence-electron chi connectivity index (χ4n) is 3.12. The fraction of sp³-hybridized carbons (Fsp3) is 0.111. The number of aromatic amines is 1. The van der Waals surface area contributed by atoms with Gasteiger partial charge < -0.3 is 15.6 Å². The highest BCUT2D eigenvalue weighted by atomic mass is 16.2. The molecule has 1 aliphatic rings. The first-order valence-corrected chi connectivity index (χ1v) is 7.98. The number of nitrogens with zero attached hydrogens (tertiary/aromatic N) is 1. The Balaban J connectivity index is 1.76. The lowest BCUT2D eigenvalue weighted by Gasteiger charge is -2.26. The molecule has 2 amide bonds. The van der Waals surface area contributed by atoms with Crippen LogP contribution in [0.25, 0.3) is 11.0 Å². The maximum absolute atomic E-state index is 12.5. The van der Waals surface area contributed by atoms with Crippen molar-refractivity contribution in [3.05, 3.63) is 69.2 Å². The van der Waals surface area contributed by atoms with Crippen molar-refractivity contribution in [2.75, 3.05) is 10.6 Å². The van der Waals surface area contributed by atoms with Crippen LogP contribution in [0, 0.1) is 0 Å². The van der Waals surface area contributed by atoms with Crippen LogP contribution < -0.4 is 21.8 Å². The topological polar surface area (TPSA) is 113 Å². The van der Waals surface area contributed by atoms with Crippen molar-refractivity contribution in [3.63, 3.8) is 0 Å². The third-order valence-electron chi connectivity index (χ3n) is 4.25. The van der Waals surface area contributed by atoms with Gasteiger partial charge in [-0.2, -0.15) is 0 Å². The van der Waals surface area contributed by atoms with Gasteiger partial charge in [-0.15, -0.1) is 0 Å². The van der Waals surface area contributed by atoms with Gasteiger partial charge in [-0.05, 0) is 24.3 Å². The molecule has 0 aliphatic carbocycles. The standard InChI is InChI=1S/C18H14N4O4/c23-14(19-10-5-2-1-3-6-10)9-13-16(24)20-11-7-4-8-12-15(11)22(13)18(26)17(25)21-12/h1-8,13H,9H2,(H,19,23)(H,20,24)(H,21,25)/t13-/m1/s1. The third kappa shape index (κ3) is 2.57. The van der Waals surface area contributed by atoms with E-state index in [2.05, 4.69) is 15.6 Å². The van der Waals surface area contributed by atoms with Gasteiger partial charge in [-0.1, -0.05) is 24.3 Å². The predicted octanol–water partition coefficient (Wildman–Crippen LogP) is 1.21. The van der Waals surface area contributed by atoms with Crippen molar-refractivity contribution in [2.45, 2.75) is 12.5 Å². The van der Waals surface area contributed by atoms with Gasteiger partial charge in [0, 0.05) is 5.69 Å². The van der Waals surface area contributed by atoms with E-state index in [0.29, 0.717) is 22.4 Å². The molecule has 4 rings (SSSR count). The number of benzene rings is 2. The van der Waals surface area contributed by atoms with E-state index in [-0.39, 0.29) is 6.42 Å². The van der Waals surface area contributed by atoms with E-state index in [4.69, 9.17) is 0 Å². The summed E-state index contributed by atoms with van der Waals surface area (Å²) in [4.78, 5) is 51.7. The predicted molar refractivity (Wildman–Crippen MR) is 96.2 cm³/mol. The number of hydrogen-bond donors (Lipinski definition) is 3. The van der Waals surface area contributed by atoms with Crippen molar-refractivity contribution in [2.24, 2.45) is 0 Å². The number of aromatic nitrogens is 2. The highest BCUT2D eigenvalue weighted by Gasteiger charge is 2.32. The van der Waals surface area contributed by atoms with Crippen molar-refractivity contribution < 1.29 is 9.59 Å². The molecule has 1 aromatic heterocycles. The highest BCUT2D eigenvalue weighted by Crippen LogP contribution is 2.29. The zero-order valence-corrected chi connectivity index (χ0v) is 13.5. The molecule has 0 spiro atoms. The molecule has 3 N–H and O–H groups in total. The summed E-state index contributed by atoms with van der Waals surface area (Å²) < 4.78 is 1.10. The minimum absolute atomic E-state index is 0.270. The molecule has 2 heterocycles. The Kier molecular flexibility index (Phi) is 3.65. The van der Waals surface area contributed by atoms with Gasteiger partial charge in [0.25, 0.3) is 0 Å². The number of carbonyl (C=O) groups excluding carboxylic acids is 2. The number of H-pyrrole nitrogens is 1. The second-order valence-corrected chi connectivity index (χ2v) is 5.95. The van der Waals surface area contributed by atoms with Gasteiger partial charge in [0.2, 0.25) is 11.8 Å². The van der Waals surface area contributed by atoms with E-state index in [0.717, 1.165) is 4.57 Å². The maximum Gasteiger partial charge on any atom is 0.317 e. The SMILES string of the molecule is O=C(C[C@@H]1C(=O)Nc2cccc3[nH]c(=O)c(=O)n1c23)Nc1ccccc1. The lowest BCUT2D eigenvalue weighted by Crippen LogP contribution is -2.45. The second kappa shape index (κ2) is 5.99. The number of hydrogen-bond acceptors (Lipinski definition) is 4. The summed E-state index contributed by atoms with van der Waals surface area (Å²) in [5.74, 6) is -0.947. The molecule has 0 unspecified atom stereocenters. The minimum Gasteiger partial charge on any atom is -0.326 e. The Morgan fingerprint density at radius 1 is 1.04 bits per heavy atom. The molecular weight excluding hydrogens is 336 g/mol. The summed E-state index contributed by atoms with van der Waals surface area (Å²) >= 11 is 0. The Hall–Kier alpha value is -3.68. The van der Waals surface area contributed by atoms with Crippen LogP contribution >= 0.6 is 0 Å². The average molecular weight is 350 g/mol. The van der Waals surface area contributed by atoms with Crippen LogP contribution in [0.15, 0.2) is 58.1 Å². The van der Waals surface area contributed by atoms with E-state index in [1.165, 1.54) is 0 Å². The Bertz CT molecular complexity index is 1150. The molecule has 2 aromatic carbocycles. The van der Waals surface area contributed by atoms with E-state index in [1.807, 2.05) is 6.07 Å². The molecule has 0 radical (unpaired) electrons. The number of rotatable bonds is 3. The smallest absolute Gasteiger partial charge is 0.317 e. The zero-order valence-electron chi connectivity index (χ0n) is 13.5. The maximum atomic E-state index is 12.5. The molecule has 1 aliphatic heterocycles. The first kappa shape index (κ1) is 15.8. The van der Waals surface area contributed by atoms with Crippen LogP contribution in [0.3, 0.4) is 0 Å². The summed E-state index contributed by atoms with van der Waals surface area (Å²) in [6.45, 7) is 0. The van der Waals surface area contributed by atoms with E-state index >= 15 is 0 Å². The van der Waals surface area contributed by atoms with Gasteiger partial charge in [-0.25, -0.2) is 0 Å². The molecule has 130 valence electrons. The molecular formula is C18H14N4O4. The molecule has 8 heteroatoms. The van der Waals surface area contributed by atoms with Crippen molar-refractivity contribution in [1.29, 1.82) is 0 Å². The summed E-state index contributed by atoms with van der Waals surface area (Å²) in [5, 5.41) is 5.37. The first-order valence-electron chi connectivity index (χ1n) is 7.98. The van der Waals surface area contributed by atoms with Gasteiger partial charge in [0.05, 0.1) is 23.1 Å². The number of anilines is 2. The third-order valence-corrected chi connectivity index (χ3v) is 4.25. The van der Waals surface area contributed by atoms with Gasteiger partial charge in [0.15, 0.2) is 0 Å². The Labute approximate surface area is 146 Å². The van der Waals surface area contributed by atoms with E-state index in [9.17, 15) is 19.2 Å². The Morgan fingerprint density at radius 3 is 2.58 bits per heavy atom. The van der Waals surface area contributed by atoms with E-state index in [1.54, 1.807) is 42.5 Å². The fourth-order valence-corrected chi connectivity index (χ4v) is 3.12. The summed E-state index contributed by atoms with van der Waals surface area (Å²) in [7, 11) is 0. The monoisotopic (exact) mass is 350 g/mol. The number of para-hydroxylation sites is 2. The molecule has 0 saturated carbocycles. The summed E-state index contributed by atoms with van der Waals surface area (Å²) in [6.07, 6.45) is -0.270. The number of carbonyl (C=O) groups is 2. The number of amides is 2. The second-order valence-electron chi connectivity index (χ2n) is 5.95. The largest absolute Gasteiger partial charge is 0.326 e. The lowest BCUT2D eigenvalue weighted by atomic mass is 10.1. The van der Waals surface area contributed by atoms with Crippen LogP contribution in [0.2, 0.25) is 0 Å². The highest BCUT2D eigenvalue weighted by molar-refractivity contribution is 6.06. The lowest BCUT2D eigenvalue weighted by molar-refractivity contribution is -0.124. The van der Waals surface area contributed by atoms with Crippen LogP contribution in [-0.2, 0) is 9.59 Å². The van der Waals surface area contributed by atoms with Crippen molar-refractivity contribution in [1.82, 2.24) is 9.55 Å².